The molecule has 0 bridgehead atoms. The Labute approximate surface area is 322 Å². The van der Waals surface area contributed by atoms with E-state index in [9.17, 15) is 24.0 Å². The monoisotopic (exact) mass is 789 g/mol. The third-order valence-electron chi connectivity index (χ3n) is 9.26. The largest absolute Gasteiger partial charge is 0.493 e. The summed E-state index contributed by atoms with van der Waals surface area (Å²) in [6, 6.07) is 19.7. The van der Waals surface area contributed by atoms with Gasteiger partial charge in [-0.1, -0.05) is 53.5 Å². The summed E-state index contributed by atoms with van der Waals surface area (Å²) in [6.07, 6.45) is 1.54. The molecule has 2 aliphatic rings. The van der Waals surface area contributed by atoms with Crippen LogP contribution in [0, 0.1) is 0 Å². The first-order chi connectivity index (χ1) is 25.9. The molecule has 54 heavy (non-hydrogen) atoms. The number of ether oxygens (including phenoxy) is 2. The van der Waals surface area contributed by atoms with E-state index in [1.54, 1.807) is 41.3 Å². The van der Waals surface area contributed by atoms with Gasteiger partial charge in [-0.15, -0.1) is 0 Å². The number of aryl methyl sites for hydroxylation is 1. The van der Waals surface area contributed by atoms with Gasteiger partial charge in [0.05, 0.1) is 18.6 Å². The minimum absolute atomic E-state index is 0.0207. The molecule has 7 rings (SSSR count). The first-order valence-electron chi connectivity index (χ1n) is 16.7. The van der Waals surface area contributed by atoms with Gasteiger partial charge in [-0.05, 0) is 65.4 Å². The van der Waals surface area contributed by atoms with E-state index in [-0.39, 0.29) is 52.6 Å². The molecule has 14 nitrogen and oxygen atoms in total. The Morgan fingerprint density at radius 3 is 2.35 bits per heavy atom. The highest BCUT2D eigenvalue weighted by molar-refractivity contribution is 8.18. The lowest BCUT2D eigenvalue weighted by molar-refractivity contribution is -0.136. The second kappa shape index (κ2) is 15.1. The average Bonchev–Trinajstić information content (AvgIpc) is 3.66. The third-order valence-corrected chi connectivity index (χ3v) is 10.8. The Kier molecular flexibility index (Phi) is 10.3. The van der Waals surface area contributed by atoms with Crippen molar-refractivity contribution >= 4 is 74.9 Å². The number of piperazine rings is 1. The molecule has 3 amide bonds. The lowest BCUT2D eigenvalue weighted by atomic mass is 10.2. The number of thioether (sulfide) groups is 1. The fourth-order valence-electron chi connectivity index (χ4n) is 6.30. The summed E-state index contributed by atoms with van der Waals surface area (Å²) in [7, 11) is 4.31. The Morgan fingerprint density at radius 1 is 0.907 bits per heavy atom. The predicted octanol–water partition coefficient (Wildman–Crippen LogP) is 4.97. The normalized spacial score (nSPS) is 15.5. The van der Waals surface area contributed by atoms with Gasteiger partial charge in [-0.3, -0.25) is 37.8 Å². The number of carbonyl (C=O) groups excluding carboxylic acids is 3. The van der Waals surface area contributed by atoms with Gasteiger partial charge in [-0.25, -0.2) is 4.79 Å². The van der Waals surface area contributed by atoms with Crippen molar-refractivity contribution in [1.29, 1.82) is 0 Å². The minimum Gasteiger partial charge on any atom is -0.493 e. The van der Waals surface area contributed by atoms with Crippen LogP contribution >= 0.6 is 35.0 Å². The molecule has 0 saturated carbocycles. The number of fused-ring (bicyclic) bond motifs is 1. The molecule has 0 atom stereocenters. The minimum atomic E-state index is -0.580. The van der Waals surface area contributed by atoms with Crippen LogP contribution in [0.2, 0.25) is 10.0 Å². The first-order valence-corrected chi connectivity index (χ1v) is 18.3. The number of imidazole rings is 1. The number of para-hydroxylation sites is 1. The highest BCUT2D eigenvalue weighted by Gasteiger charge is 2.37. The highest BCUT2D eigenvalue weighted by Crippen LogP contribution is 2.37. The molecule has 5 aromatic rings. The van der Waals surface area contributed by atoms with Crippen molar-refractivity contribution in [3.63, 3.8) is 0 Å². The maximum atomic E-state index is 13.4. The van der Waals surface area contributed by atoms with E-state index >= 15 is 0 Å². The number of rotatable bonds is 9. The van der Waals surface area contributed by atoms with Gasteiger partial charge < -0.3 is 19.3 Å². The molecule has 0 unspecified atom stereocenters. The van der Waals surface area contributed by atoms with Crippen LogP contribution in [-0.2, 0) is 30.2 Å². The molecule has 2 aromatic heterocycles. The van der Waals surface area contributed by atoms with Crippen LogP contribution in [0.1, 0.15) is 11.1 Å². The number of hydrogen-bond acceptors (Lipinski definition) is 10. The lowest BCUT2D eigenvalue weighted by Gasteiger charge is -2.36. The van der Waals surface area contributed by atoms with Crippen LogP contribution in [0.4, 0.5) is 10.5 Å². The topological polar surface area (TPSA) is 141 Å². The van der Waals surface area contributed by atoms with Crippen LogP contribution < -0.4 is 25.6 Å². The van der Waals surface area contributed by atoms with Gasteiger partial charge in [-0.2, -0.15) is 4.98 Å². The summed E-state index contributed by atoms with van der Waals surface area (Å²) < 4.78 is 15.6. The number of amides is 3. The number of methoxy groups -OCH3 is 1. The van der Waals surface area contributed by atoms with Gasteiger partial charge in [0.25, 0.3) is 16.7 Å². The smallest absolute Gasteiger partial charge is 0.332 e. The quantitative estimate of drug-likeness (QED) is 0.188. The number of hydrogen-bond donors (Lipinski definition) is 0. The molecule has 3 aromatic carbocycles. The molecule has 2 aliphatic heterocycles. The summed E-state index contributed by atoms with van der Waals surface area (Å²) in [5.41, 5.74) is 1.28. The molecule has 17 heteroatoms. The van der Waals surface area contributed by atoms with Gasteiger partial charge in [0.15, 0.2) is 22.7 Å². The number of imide groups is 1. The van der Waals surface area contributed by atoms with Crippen LogP contribution in [0.3, 0.4) is 0 Å². The van der Waals surface area contributed by atoms with E-state index in [1.165, 1.54) is 36.4 Å². The van der Waals surface area contributed by atoms with Crippen LogP contribution in [0.25, 0.3) is 17.2 Å². The summed E-state index contributed by atoms with van der Waals surface area (Å²) >= 11 is 13.4. The molecule has 2 saturated heterocycles. The Balaban J connectivity index is 1.11. The number of benzene rings is 3. The molecule has 0 aliphatic carbocycles. The van der Waals surface area contributed by atoms with E-state index in [4.69, 9.17) is 32.7 Å². The third kappa shape index (κ3) is 7.09. The van der Waals surface area contributed by atoms with E-state index < -0.39 is 22.4 Å². The SMILES string of the molecule is COc1cc(/C=C2\SC(=O)N(CC(=O)N3CCN(c4ccccc4)CC3)C2=O)ccc1Oc1nc2c(c(=O)n(C)c(=O)n2C)n1Cc1ccc(Cl)cc1Cl. The van der Waals surface area contributed by atoms with Crippen LogP contribution in [0.15, 0.2) is 81.2 Å². The average molecular weight is 791 g/mol. The Bertz CT molecular complexity index is 2470. The Hall–Kier alpha value is -5.51. The number of anilines is 1. The molecule has 0 radical (unpaired) electrons. The summed E-state index contributed by atoms with van der Waals surface area (Å²) in [5, 5.41) is 0.259. The number of carbonyl (C=O) groups is 3. The Morgan fingerprint density at radius 2 is 1.65 bits per heavy atom. The fraction of sp³-hybridized carbons (Fsp3) is 0.243. The summed E-state index contributed by atoms with van der Waals surface area (Å²) in [5.74, 6) is -0.405. The number of nitrogens with zero attached hydrogens (tertiary/aromatic N) is 7. The molecule has 4 heterocycles. The van der Waals surface area contributed by atoms with Gasteiger partial charge >= 0.3 is 11.7 Å². The van der Waals surface area contributed by atoms with E-state index in [0.29, 0.717) is 47.4 Å². The predicted molar refractivity (Wildman–Crippen MR) is 207 cm³/mol. The van der Waals surface area contributed by atoms with E-state index in [0.717, 1.165) is 26.9 Å². The van der Waals surface area contributed by atoms with Crippen molar-refractivity contribution in [1.82, 2.24) is 28.5 Å². The van der Waals surface area contributed by atoms with Crippen molar-refractivity contribution < 1.29 is 23.9 Å². The van der Waals surface area contributed by atoms with Gasteiger partial charge in [0, 0.05) is 56.0 Å². The van der Waals surface area contributed by atoms with Crippen molar-refractivity contribution in [2.24, 2.45) is 14.1 Å². The molecular formula is C37H33Cl2N7O7S. The molecule has 0 N–H and O–H groups in total. The standard InChI is InChI=1S/C37H33Cl2N7O7S/c1-41-32-31(34(49)42(2)36(41)50)45(20-23-10-11-24(38)19-26(23)39)35(40-32)53-27-12-9-22(17-28(27)52-3)18-29-33(48)46(37(51)54-29)21-30(47)44-15-13-43(14-16-44)25-7-5-4-6-8-25/h4-12,17-19H,13-16,20-21H2,1-3H3/b29-18-. The second-order valence-corrected chi connectivity index (χ2v) is 14.4. The van der Waals surface area contributed by atoms with Crippen molar-refractivity contribution in [2.75, 3.05) is 44.7 Å². The van der Waals surface area contributed by atoms with Gasteiger partial charge in [0.2, 0.25) is 5.91 Å². The van der Waals surface area contributed by atoms with E-state index in [1.807, 2.05) is 30.3 Å². The zero-order valence-electron chi connectivity index (χ0n) is 29.3. The number of aromatic nitrogens is 4. The zero-order valence-corrected chi connectivity index (χ0v) is 31.7. The molecule has 0 spiro atoms. The summed E-state index contributed by atoms with van der Waals surface area (Å²) in [4.78, 5) is 75.1. The highest BCUT2D eigenvalue weighted by atomic mass is 35.5. The second-order valence-electron chi connectivity index (χ2n) is 12.6. The maximum absolute atomic E-state index is 13.4. The molecule has 2 fully saturated rings. The summed E-state index contributed by atoms with van der Waals surface area (Å²) in [6.45, 7) is 1.96. The lowest BCUT2D eigenvalue weighted by Crippen LogP contribution is -2.51. The van der Waals surface area contributed by atoms with Crippen molar-refractivity contribution in [3.8, 4) is 17.5 Å². The fourth-order valence-corrected chi connectivity index (χ4v) is 7.61. The van der Waals surface area contributed by atoms with Gasteiger partial charge in [0.1, 0.15) is 6.54 Å². The first kappa shape index (κ1) is 36.8. The van der Waals surface area contributed by atoms with Crippen LogP contribution in [-0.4, -0.2) is 85.4 Å². The number of halogens is 2. The molecular weight excluding hydrogens is 757 g/mol. The van der Waals surface area contributed by atoms with Crippen LogP contribution in [0.5, 0.6) is 17.5 Å². The van der Waals surface area contributed by atoms with Crippen molar-refractivity contribution in [2.45, 2.75) is 6.54 Å². The van der Waals surface area contributed by atoms with Crippen molar-refractivity contribution in [3.05, 3.63) is 114 Å². The van der Waals surface area contributed by atoms with E-state index in [2.05, 4.69) is 9.88 Å². The zero-order chi connectivity index (χ0) is 38.3. The molecule has 278 valence electrons. The maximum Gasteiger partial charge on any atom is 0.332 e.